The number of anilines is 1. The maximum atomic E-state index is 12.2. The van der Waals surface area contributed by atoms with E-state index in [4.69, 9.17) is 5.11 Å². The van der Waals surface area contributed by atoms with Crippen LogP contribution in [-0.2, 0) is 4.79 Å². The Morgan fingerprint density at radius 2 is 1.94 bits per heavy atom. The lowest BCUT2D eigenvalue weighted by molar-refractivity contribution is -0.120. The monoisotopic (exact) mass is 250 g/mol. The highest BCUT2D eigenvalue weighted by Gasteiger charge is 2.17. The number of nitrogens with zero attached hydrogens (tertiary/aromatic N) is 2. The molecule has 4 nitrogen and oxygen atoms in total. The van der Waals surface area contributed by atoms with E-state index in [1.807, 2.05) is 56.1 Å². The molecule has 1 atom stereocenters. The molecule has 1 rings (SSSR count). The van der Waals surface area contributed by atoms with E-state index in [2.05, 4.69) is 0 Å². The number of hydrogen-bond acceptors (Lipinski definition) is 3. The van der Waals surface area contributed by atoms with Crippen LogP contribution in [0.2, 0.25) is 0 Å². The molecule has 1 aromatic carbocycles. The molecule has 0 aliphatic rings. The predicted octanol–water partition coefficient (Wildman–Crippen LogP) is 1.35. The van der Waals surface area contributed by atoms with Crippen molar-refractivity contribution in [1.29, 1.82) is 0 Å². The van der Waals surface area contributed by atoms with Gasteiger partial charge in [-0.3, -0.25) is 9.69 Å². The first-order valence-electron chi connectivity index (χ1n) is 6.26. The summed E-state index contributed by atoms with van der Waals surface area (Å²) in [4.78, 5) is 15.8. The van der Waals surface area contributed by atoms with E-state index < -0.39 is 0 Å². The summed E-state index contributed by atoms with van der Waals surface area (Å²) in [5.41, 5.74) is 0.912. The van der Waals surface area contributed by atoms with Crippen LogP contribution in [0.15, 0.2) is 30.3 Å². The van der Waals surface area contributed by atoms with Crippen molar-refractivity contribution >= 4 is 11.6 Å². The Morgan fingerprint density at radius 3 is 2.44 bits per heavy atom. The number of benzene rings is 1. The zero-order valence-electron chi connectivity index (χ0n) is 11.3. The van der Waals surface area contributed by atoms with E-state index in [1.165, 1.54) is 0 Å². The first-order valence-corrected chi connectivity index (χ1v) is 6.26. The lowest BCUT2D eigenvalue weighted by Crippen LogP contribution is -2.43. The van der Waals surface area contributed by atoms with Crippen molar-refractivity contribution in [2.75, 3.05) is 31.6 Å². The van der Waals surface area contributed by atoms with Gasteiger partial charge >= 0.3 is 0 Å². The Morgan fingerprint density at radius 1 is 1.33 bits per heavy atom. The van der Waals surface area contributed by atoms with Crippen molar-refractivity contribution in [3.05, 3.63) is 30.3 Å². The van der Waals surface area contributed by atoms with Crippen molar-refractivity contribution in [3.63, 3.8) is 0 Å². The summed E-state index contributed by atoms with van der Waals surface area (Å²) in [5.74, 6) is 0.0477. The van der Waals surface area contributed by atoms with Gasteiger partial charge in [0, 0.05) is 18.3 Å². The third kappa shape index (κ3) is 3.82. The molecule has 0 aromatic heterocycles. The van der Waals surface area contributed by atoms with E-state index in [0.717, 1.165) is 5.69 Å². The van der Waals surface area contributed by atoms with Gasteiger partial charge in [-0.25, -0.2) is 0 Å². The van der Waals surface area contributed by atoms with Crippen molar-refractivity contribution < 1.29 is 9.90 Å². The van der Waals surface area contributed by atoms with Crippen LogP contribution in [-0.4, -0.2) is 48.7 Å². The normalized spacial score (nSPS) is 12.5. The lowest BCUT2D eigenvalue weighted by atomic mass is 10.2. The SMILES string of the molecule is CCN(C(=O)CN(C)C(C)CO)c1ccccc1. The second kappa shape index (κ2) is 7.13. The van der Waals surface area contributed by atoms with Crippen LogP contribution in [0, 0.1) is 0 Å². The van der Waals surface area contributed by atoms with Crippen LogP contribution in [0.4, 0.5) is 5.69 Å². The molecule has 4 heteroatoms. The third-order valence-electron chi connectivity index (χ3n) is 3.09. The molecule has 0 saturated heterocycles. The molecule has 100 valence electrons. The fraction of sp³-hybridized carbons (Fsp3) is 0.500. The standard InChI is InChI=1S/C14H22N2O2/c1-4-16(13-8-6-5-7-9-13)14(18)10-15(3)12(2)11-17/h5-9,12,17H,4,10-11H2,1-3H3. The molecular weight excluding hydrogens is 228 g/mol. The smallest absolute Gasteiger partial charge is 0.241 e. The van der Waals surface area contributed by atoms with Crippen molar-refractivity contribution in [1.82, 2.24) is 4.90 Å². The largest absolute Gasteiger partial charge is 0.395 e. The van der Waals surface area contributed by atoms with Gasteiger partial charge in [0.05, 0.1) is 13.2 Å². The number of aliphatic hydroxyl groups is 1. The molecule has 0 aliphatic carbocycles. The van der Waals surface area contributed by atoms with Crippen LogP contribution in [0.5, 0.6) is 0 Å². The Bertz CT molecular complexity index is 367. The van der Waals surface area contributed by atoms with Gasteiger partial charge in [-0.1, -0.05) is 18.2 Å². The van der Waals surface area contributed by atoms with Crippen molar-refractivity contribution in [2.45, 2.75) is 19.9 Å². The number of para-hydroxylation sites is 1. The van der Waals surface area contributed by atoms with Crippen LogP contribution in [0.1, 0.15) is 13.8 Å². The minimum Gasteiger partial charge on any atom is -0.395 e. The average molecular weight is 250 g/mol. The highest BCUT2D eigenvalue weighted by Crippen LogP contribution is 2.13. The Balaban J connectivity index is 2.69. The fourth-order valence-electron chi connectivity index (χ4n) is 1.70. The van der Waals surface area contributed by atoms with Crippen LogP contribution in [0.25, 0.3) is 0 Å². The Labute approximate surface area is 109 Å². The molecule has 0 aliphatic heterocycles. The van der Waals surface area contributed by atoms with Gasteiger partial charge in [-0.15, -0.1) is 0 Å². The summed E-state index contributed by atoms with van der Waals surface area (Å²) < 4.78 is 0. The zero-order valence-corrected chi connectivity index (χ0v) is 11.3. The first kappa shape index (κ1) is 14.7. The van der Waals surface area contributed by atoms with E-state index in [1.54, 1.807) is 4.90 Å². The fourth-order valence-corrected chi connectivity index (χ4v) is 1.70. The second-order valence-corrected chi connectivity index (χ2v) is 4.42. The molecule has 0 radical (unpaired) electrons. The minimum absolute atomic E-state index is 0.0107. The second-order valence-electron chi connectivity index (χ2n) is 4.42. The molecule has 0 spiro atoms. The van der Waals surface area contributed by atoms with E-state index in [0.29, 0.717) is 13.1 Å². The number of likely N-dealkylation sites (N-methyl/N-ethyl adjacent to an activating group) is 2. The number of carbonyl (C=O) groups excluding carboxylic acids is 1. The Kier molecular flexibility index (Phi) is 5.82. The summed E-state index contributed by atoms with van der Waals surface area (Å²) >= 11 is 0. The maximum Gasteiger partial charge on any atom is 0.241 e. The minimum atomic E-state index is -0.0107. The topological polar surface area (TPSA) is 43.8 Å². The molecule has 1 aromatic rings. The van der Waals surface area contributed by atoms with Gasteiger partial charge in [0.2, 0.25) is 5.91 Å². The van der Waals surface area contributed by atoms with Crippen LogP contribution >= 0.6 is 0 Å². The predicted molar refractivity (Wildman–Crippen MR) is 73.6 cm³/mol. The Hall–Kier alpha value is -1.39. The average Bonchev–Trinajstić information content (AvgIpc) is 2.39. The van der Waals surface area contributed by atoms with Crippen LogP contribution < -0.4 is 4.90 Å². The van der Waals surface area contributed by atoms with E-state index in [-0.39, 0.29) is 18.6 Å². The summed E-state index contributed by atoms with van der Waals surface area (Å²) in [6.07, 6.45) is 0. The first-order chi connectivity index (χ1) is 8.60. The van der Waals surface area contributed by atoms with Gasteiger partial charge in [-0.05, 0) is 33.0 Å². The highest BCUT2D eigenvalue weighted by molar-refractivity contribution is 5.94. The van der Waals surface area contributed by atoms with Gasteiger partial charge in [0.1, 0.15) is 0 Å². The number of rotatable bonds is 6. The van der Waals surface area contributed by atoms with Crippen LogP contribution in [0.3, 0.4) is 0 Å². The van der Waals surface area contributed by atoms with Gasteiger partial charge in [0.25, 0.3) is 0 Å². The molecular formula is C14H22N2O2. The van der Waals surface area contributed by atoms with Gasteiger partial charge in [0.15, 0.2) is 0 Å². The number of carbonyl (C=O) groups is 1. The summed E-state index contributed by atoms with van der Waals surface area (Å²) in [7, 11) is 1.84. The molecule has 0 saturated carbocycles. The van der Waals surface area contributed by atoms with Gasteiger partial charge in [-0.2, -0.15) is 0 Å². The quantitative estimate of drug-likeness (QED) is 0.829. The summed E-state index contributed by atoms with van der Waals surface area (Å²) in [6, 6.07) is 9.62. The number of aliphatic hydroxyl groups excluding tert-OH is 1. The number of amides is 1. The highest BCUT2D eigenvalue weighted by atomic mass is 16.3. The lowest BCUT2D eigenvalue weighted by Gasteiger charge is -2.27. The van der Waals surface area contributed by atoms with Gasteiger partial charge < -0.3 is 10.0 Å². The molecule has 1 amide bonds. The molecule has 18 heavy (non-hydrogen) atoms. The van der Waals surface area contributed by atoms with Crippen molar-refractivity contribution in [2.24, 2.45) is 0 Å². The summed E-state index contributed by atoms with van der Waals surface area (Å²) in [6.45, 7) is 4.86. The van der Waals surface area contributed by atoms with E-state index in [9.17, 15) is 4.79 Å². The molecule has 1 N–H and O–H groups in total. The molecule has 0 fully saturated rings. The summed E-state index contributed by atoms with van der Waals surface area (Å²) in [5, 5.41) is 9.06. The molecule has 1 unspecified atom stereocenters. The maximum absolute atomic E-state index is 12.2. The number of hydrogen-bond donors (Lipinski definition) is 1. The molecule has 0 heterocycles. The third-order valence-corrected chi connectivity index (χ3v) is 3.09. The molecule has 0 bridgehead atoms. The van der Waals surface area contributed by atoms with Crippen molar-refractivity contribution in [3.8, 4) is 0 Å². The zero-order chi connectivity index (χ0) is 13.5. The van der Waals surface area contributed by atoms with E-state index >= 15 is 0 Å².